The molecular weight excluding hydrogens is 210 g/mol. The van der Waals surface area contributed by atoms with Gasteiger partial charge in [-0.25, -0.2) is 0 Å². The van der Waals surface area contributed by atoms with Crippen LogP contribution < -0.4 is 0 Å². The minimum absolute atomic E-state index is 1.10. The highest BCUT2D eigenvalue weighted by Gasteiger charge is 2.06. The lowest BCUT2D eigenvalue weighted by Crippen LogP contribution is -2.24. The lowest BCUT2D eigenvalue weighted by atomic mass is 10.2. The number of hydrazone groups is 1. The quantitative estimate of drug-likeness (QED) is 0.786. The number of H-pyrrole nitrogens is 1. The van der Waals surface area contributed by atoms with E-state index in [0.717, 1.165) is 13.1 Å². The Labute approximate surface area is 101 Å². The first kappa shape index (κ1) is 10.4. The summed E-state index contributed by atoms with van der Waals surface area (Å²) < 4.78 is 0. The Hall–Kier alpha value is -1.77. The zero-order chi connectivity index (χ0) is 11.5. The van der Waals surface area contributed by atoms with Crippen LogP contribution in [0.3, 0.4) is 0 Å². The number of rotatable bonds is 2. The van der Waals surface area contributed by atoms with Crippen molar-refractivity contribution in [2.45, 2.75) is 19.3 Å². The summed E-state index contributed by atoms with van der Waals surface area (Å²) in [6.07, 6.45) is 7.89. The fraction of sp³-hybridized carbons (Fsp3) is 0.357. The van der Waals surface area contributed by atoms with Crippen LogP contribution in [0, 0.1) is 0 Å². The van der Waals surface area contributed by atoms with E-state index < -0.39 is 0 Å². The van der Waals surface area contributed by atoms with Gasteiger partial charge in [0, 0.05) is 35.8 Å². The molecule has 1 fully saturated rings. The fourth-order valence-electron chi connectivity index (χ4n) is 2.34. The van der Waals surface area contributed by atoms with Crippen LogP contribution in [0.15, 0.2) is 35.6 Å². The topological polar surface area (TPSA) is 31.4 Å². The molecule has 2 aromatic rings. The number of nitrogens with zero attached hydrogens (tertiary/aromatic N) is 2. The third-order valence-corrected chi connectivity index (χ3v) is 3.31. The molecule has 0 aliphatic carbocycles. The molecule has 0 radical (unpaired) electrons. The number of hydrogen-bond acceptors (Lipinski definition) is 2. The van der Waals surface area contributed by atoms with Gasteiger partial charge in [0.05, 0.1) is 6.21 Å². The van der Waals surface area contributed by atoms with Crippen LogP contribution in [0.25, 0.3) is 10.9 Å². The highest BCUT2D eigenvalue weighted by Crippen LogP contribution is 2.16. The second kappa shape index (κ2) is 4.62. The summed E-state index contributed by atoms with van der Waals surface area (Å²) in [6, 6.07) is 8.33. The van der Waals surface area contributed by atoms with Gasteiger partial charge < -0.3 is 4.98 Å². The van der Waals surface area contributed by atoms with E-state index in [4.69, 9.17) is 0 Å². The van der Waals surface area contributed by atoms with Crippen LogP contribution in [0.1, 0.15) is 24.8 Å². The summed E-state index contributed by atoms with van der Waals surface area (Å²) in [6.45, 7) is 2.19. The zero-order valence-corrected chi connectivity index (χ0v) is 9.89. The second-order valence-corrected chi connectivity index (χ2v) is 4.55. The number of benzene rings is 1. The van der Waals surface area contributed by atoms with E-state index in [9.17, 15) is 0 Å². The summed E-state index contributed by atoms with van der Waals surface area (Å²) in [5.74, 6) is 0. The summed E-state index contributed by atoms with van der Waals surface area (Å²) >= 11 is 0. The molecule has 1 aromatic heterocycles. The molecule has 1 aliphatic heterocycles. The van der Waals surface area contributed by atoms with Gasteiger partial charge in [0.25, 0.3) is 0 Å². The molecule has 17 heavy (non-hydrogen) atoms. The van der Waals surface area contributed by atoms with Gasteiger partial charge in [-0.1, -0.05) is 18.2 Å². The molecule has 0 amide bonds. The maximum Gasteiger partial charge on any atom is 0.0564 e. The van der Waals surface area contributed by atoms with Crippen LogP contribution >= 0.6 is 0 Å². The number of para-hydroxylation sites is 1. The lowest BCUT2D eigenvalue weighted by Gasteiger charge is -2.23. The van der Waals surface area contributed by atoms with Gasteiger partial charge in [-0.3, -0.25) is 5.01 Å². The van der Waals surface area contributed by atoms with Crippen molar-refractivity contribution in [3.05, 3.63) is 36.0 Å². The molecule has 1 saturated heterocycles. The maximum atomic E-state index is 4.56. The number of fused-ring (bicyclic) bond motifs is 1. The van der Waals surface area contributed by atoms with Crippen LogP contribution in [-0.4, -0.2) is 29.3 Å². The van der Waals surface area contributed by atoms with Crippen molar-refractivity contribution in [1.82, 2.24) is 9.99 Å². The number of nitrogens with one attached hydrogen (secondary N) is 1. The van der Waals surface area contributed by atoms with Crippen molar-refractivity contribution in [3.8, 4) is 0 Å². The van der Waals surface area contributed by atoms with Gasteiger partial charge in [-0.2, -0.15) is 5.10 Å². The highest BCUT2D eigenvalue weighted by atomic mass is 15.4. The van der Waals surface area contributed by atoms with E-state index in [1.165, 1.54) is 35.7 Å². The van der Waals surface area contributed by atoms with Gasteiger partial charge in [-0.05, 0) is 25.3 Å². The molecule has 1 aliphatic rings. The molecule has 1 aromatic carbocycles. The average molecular weight is 227 g/mol. The standard InChI is InChI=1S/C14H17N3/c1-4-8-17(9-5-1)16-11-12-10-15-14-7-3-2-6-13(12)14/h2-3,6-7,10-11,15H,1,4-5,8-9H2/b16-11+. The summed E-state index contributed by atoms with van der Waals surface area (Å²) in [4.78, 5) is 3.27. The Morgan fingerprint density at radius 2 is 1.94 bits per heavy atom. The number of piperidine rings is 1. The first-order valence-electron chi connectivity index (χ1n) is 6.28. The minimum atomic E-state index is 1.10. The fourth-order valence-corrected chi connectivity index (χ4v) is 2.34. The highest BCUT2D eigenvalue weighted by molar-refractivity contribution is 5.98. The molecule has 88 valence electrons. The monoisotopic (exact) mass is 227 g/mol. The molecule has 0 atom stereocenters. The van der Waals surface area contributed by atoms with Gasteiger partial charge in [0.15, 0.2) is 0 Å². The predicted octanol–water partition coefficient (Wildman–Crippen LogP) is 2.99. The van der Waals surface area contributed by atoms with Crippen molar-refractivity contribution in [2.24, 2.45) is 5.10 Å². The molecule has 3 rings (SSSR count). The second-order valence-electron chi connectivity index (χ2n) is 4.55. The number of aromatic amines is 1. The van der Waals surface area contributed by atoms with Crippen molar-refractivity contribution in [1.29, 1.82) is 0 Å². The van der Waals surface area contributed by atoms with Crippen molar-refractivity contribution < 1.29 is 0 Å². The summed E-state index contributed by atoms with van der Waals surface area (Å²) in [7, 11) is 0. The Bertz CT molecular complexity index is 521. The lowest BCUT2D eigenvalue weighted by molar-refractivity contribution is 0.240. The third-order valence-electron chi connectivity index (χ3n) is 3.31. The molecule has 2 heterocycles. The Morgan fingerprint density at radius 1 is 1.12 bits per heavy atom. The van der Waals surface area contributed by atoms with Gasteiger partial charge in [0.1, 0.15) is 0 Å². The summed E-state index contributed by atoms with van der Waals surface area (Å²) in [5.41, 5.74) is 2.35. The van der Waals surface area contributed by atoms with E-state index in [1.807, 2.05) is 18.5 Å². The first-order chi connectivity index (χ1) is 8.43. The Morgan fingerprint density at radius 3 is 2.82 bits per heavy atom. The molecule has 0 saturated carbocycles. The number of aromatic nitrogens is 1. The van der Waals surface area contributed by atoms with E-state index in [2.05, 4.69) is 33.3 Å². The van der Waals surface area contributed by atoms with Crippen LogP contribution in [0.2, 0.25) is 0 Å². The molecule has 0 bridgehead atoms. The zero-order valence-electron chi connectivity index (χ0n) is 9.89. The SMILES string of the molecule is C(=N\N1CCCCC1)/c1c[nH]c2ccccc12. The summed E-state index contributed by atoms with van der Waals surface area (Å²) in [5, 5.41) is 7.98. The average Bonchev–Trinajstić information content (AvgIpc) is 2.81. The molecule has 3 heteroatoms. The molecule has 1 N–H and O–H groups in total. The third kappa shape index (κ3) is 2.18. The van der Waals surface area contributed by atoms with Crippen LogP contribution in [-0.2, 0) is 0 Å². The van der Waals surface area contributed by atoms with E-state index in [0.29, 0.717) is 0 Å². The van der Waals surface area contributed by atoms with Gasteiger partial charge >= 0.3 is 0 Å². The van der Waals surface area contributed by atoms with Crippen LogP contribution in [0.4, 0.5) is 0 Å². The normalized spacial score (nSPS) is 17.1. The predicted molar refractivity (Wildman–Crippen MR) is 71.3 cm³/mol. The minimum Gasteiger partial charge on any atom is -0.361 e. The van der Waals surface area contributed by atoms with E-state index >= 15 is 0 Å². The molecule has 3 nitrogen and oxygen atoms in total. The largest absolute Gasteiger partial charge is 0.361 e. The first-order valence-corrected chi connectivity index (χ1v) is 6.28. The van der Waals surface area contributed by atoms with Gasteiger partial charge in [-0.15, -0.1) is 0 Å². The van der Waals surface area contributed by atoms with Gasteiger partial charge in [0.2, 0.25) is 0 Å². The van der Waals surface area contributed by atoms with Crippen molar-refractivity contribution in [2.75, 3.05) is 13.1 Å². The maximum absolute atomic E-state index is 4.56. The Balaban J connectivity index is 1.82. The number of hydrogen-bond donors (Lipinski definition) is 1. The molecule has 0 unspecified atom stereocenters. The van der Waals surface area contributed by atoms with Crippen LogP contribution in [0.5, 0.6) is 0 Å². The molecule has 0 spiro atoms. The molecular formula is C14H17N3. The van der Waals surface area contributed by atoms with Crippen molar-refractivity contribution in [3.63, 3.8) is 0 Å². The smallest absolute Gasteiger partial charge is 0.0564 e. The Kier molecular flexibility index (Phi) is 2.82. The van der Waals surface area contributed by atoms with Crippen molar-refractivity contribution >= 4 is 17.1 Å². The van der Waals surface area contributed by atoms with E-state index in [1.54, 1.807) is 0 Å². The van der Waals surface area contributed by atoms with E-state index in [-0.39, 0.29) is 0 Å².